The van der Waals surface area contributed by atoms with Gasteiger partial charge in [0.1, 0.15) is 10.6 Å². The topological polar surface area (TPSA) is 62.2 Å². The van der Waals surface area contributed by atoms with Crippen molar-refractivity contribution in [3.8, 4) is 0 Å². The van der Waals surface area contributed by atoms with Gasteiger partial charge >= 0.3 is 5.97 Å². The van der Waals surface area contributed by atoms with Crippen LogP contribution in [0.2, 0.25) is 0 Å². The van der Waals surface area contributed by atoms with Gasteiger partial charge in [0.2, 0.25) is 0 Å². The molecule has 0 amide bonds. The first-order chi connectivity index (χ1) is 8.51. The van der Waals surface area contributed by atoms with Crippen molar-refractivity contribution in [3.63, 3.8) is 0 Å². The Morgan fingerprint density at radius 3 is 3.00 bits per heavy atom. The van der Waals surface area contributed by atoms with Crippen LogP contribution in [-0.2, 0) is 4.79 Å². The fourth-order valence-electron chi connectivity index (χ4n) is 1.53. The van der Waals surface area contributed by atoms with Crippen molar-refractivity contribution in [2.75, 3.05) is 5.75 Å². The van der Waals surface area contributed by atoms with E-state index in [9.17, 15) is 9.90 Å². The van der Waals surface area contributed by atoms with E-state index in [-0.39, 0.29) is 0 Å². The second kappa shape index (κ2) is 5.59. The minimum absolute atomic E-state index is 0.360. The van der Waals surface area contributed by atoms with Gasteiger partial charge in [-0.05, 0) is 47.8 Å². The van der Waals surface area contributed by atoms with Gasteiger partial charge in [0.25, 0.3) is 0 Å². The lowest BCUT2D eigenvalue weighted by Crippen LogP contribution is -2.52. The molecule has 4 nitrogen and oxygen atoms in total. The summed E-state index contributed by atoms with van der Waals surface area (Å²) in [6, 6.07) is 4.10. The summed E-state index contributed by atoms with van der Waals surface area (Å²) in [7, 11) is 0. The summed E-state index contributed by atoms with van der Waals surface area (Å²) in [4.78, 5) is 15.6. The van der Waals surface area contributed by atoms with Crippen LogP contribution in [0.3, 0.4) is 0 Å². The Balaban J connectivity index is 2.01. The average Bonchev–Trinajstić information content (AvgIpc) is 3.11. The van der Waals surface area contributed by atoms with Crippen LogP contribution >= 0.6 is 27.7 Å². The molecule has 1 heterocycles. The Labute approximate surface area is 119 Å². The van der Waals surface area contributed by atoms with Gasteiger partial charge < -0.3 is 5.11 Å². The quantitative estimate of drug-likeness (QED) is 0.785. The van der Waals surface area contributed by atoms with Crippen molar-refractivity contribution in [1.29, 1.82) is 0 Å². The van der Waals surface area contributed by atoms with Gasteiger partial charge in [-0.3, -0.25) is 10.1 Å². The molecule has 1 aromatic heterocycles. The minimum Gasteiger partial charge on any atom is -0.480 e. The summed E-state index contributed by atoms with van der Waals surface area (Å²) < 4.78 is 0.897. The zero-order valence-corrected chi connectivity index (χ0v) is 12.4. The molecular formula is C12H15BrN2O2S. The molecule has 0 radical (unpaired) electrons. The van der Waals surface area contributed by atoms with E-state index in [2.05, 4.69) is 26.2 Å². The van der Waals surface area contributed by atoms with E-state index in [0.717, 1.165) is 22.3 Å². The van der Waals surface area contributed by atoms with Gasteiger partial charge in [-0.25, -0.2) is 4.98 Å². The molecule has 1 saturated carbocycles. The van der Waals surface area contributed by atoms with Crippen molar-refractivity contribution in [3.05, 3.63) is 22.8 Å². The van der Waals surface area contributed by atoms with Crippen LogP contribution in [-0.4, -0.2) is 33.4 Å². The third-order valence-corrected chi connectivity index (χ3v) is 5.02. The summed E-state index contributed by atoms with van der Waals surface area (Å²) in [6.45, 7) is 1.73. The third kappa shape index (κ3) is 3.46. The largest absolute Gasteiger partial charge is 0.480 e. The zero-order valence-electron chi connectivity index (χ0n) is 10.0. The number of carbonyl (C=O) groups is 1. The Hall–Kier alpha value is -0.590. The van der Waals surface area contributed by atoms with Crippen LogP contribution < -0.4 is 5.32 Å². The Kier molecular flexibility index (Phi) is 4.29. The first-order valence-corrected chi connectivity index (χ1v) is 7.53. The first-order valence-electron chi connectivity index (χ1n) is 5.76. The highest BCUT2D eigenvalue weighted by atomic mass is 79.9. The van der Waals surface area contributed by atoms with Gasteiger partial charge in [0.15, 0.2) is 0 Å². The van der Waals surface area contributed by atoms with E-state index in [4.69, 9.17) is 0 Å². The highest BCUT2D eigenvalue weighted by molar-refractivity contribution is 9.10. The minimum atomic E-state index is -0.900. The summed E-state index contributed by atoms with van der Waals surface area (Å²) in [6.07, 6.45) is 3.85. The maximum atomic E-state index is 11.4. The standard InChI is InChI=1S/C12H15BrN2O2S/c1-12(11(16)17,15-8-4-5-8)7-18-10-9(13)3-2-6-14-10/h2-3,6,8,15H,4-5,7H2,1H3,(H,16,17). The fourth-order valence-corrected chi connectivity index (χ4v) is 3.11. The molecule has 98 valence electrons. The molecule has 1 aliphatic rings. The number of aromatic nitrogens is 1. The molecule has 1 unspecified atom stereocenters. The average molecular weight is 331 g/mol. The number of thioether (sulfide) groups is 1. The van der Waals surface area contributed by atoms with Crippen LogP contribution in [0.5, 0.6) is 0 Å². The van der Waals surface area contributed by atoms with Gasteiger partial charge in [-0.2, -0.15) is 0 Å². The molecule has 1 atom stereocenters. The van der Waals surface area contributed by atoms with E-state index in [0.29, 0.717) is 11.8 Å². The lowest BCUT2D eigenvalue weighted by Gasteiger charge is -2.25. The van der Waals surface area contributed by atoms with E-state index in [1.165, 1.54) is 11.8 Å². The van der Waals surface area contributed by atoms with Gasteiger partial charge in [-0.15, -0.1) is 11.8 Å². The molecule has 0 bridgehead atoms. The van der Waals surface area contributed by atoms with E-state index in [1.807, 2.05) is 12.1 Å². The van der Waals surface area contributed by atoms with E-state index < -0.39 is 11.5 Å². The lowest BCUT2D eigenvalue weighted by molar-refractivity contribution is -0.143. The van der Waals surface area contributed by atoms with Crippen LogP contribution in [0.25, 0.3) is 0 Å². The Bertz CT molecular complexity index is 453. The Morgan fingerprint density at radius 1 is 1.72 bits per heavy atom. The number of carboxylic acid groups (broad SMARTS) is 1. The van der Waals surface area contributed by atoms with E-state index in [1.54, 1.807) is 13.1 Å². The van der Waals surface area contributed by atoms with Crippen LogP contribution in [0.4, 0.5) is 0 Å². The highest BCUT2D eigenvalue weighted by Gasteiger charge is 2.38. The number of halogens is 1. The van der Waals surface area contributed by atoms with Crippen molar-refractivity contribution in [2.24, 2.45) is 0 Å². The molecule has 0 aliphatic heterocycles. The number of hydrogen-bond donors (Lipinski definition) is 2. The predicted molar refractivity (Wildman–Crippen MR) is 74.9 cm³/mol. The molecule has 6 heteroatoms. The van der Waals surface area contributed by atoms with Crippen LogP contribution in [0.1, 0.15) is 19.8 Å². The molecule has 18 heavy (non-hydrogen) atoms. The second-order valence-electron chi connectivity index (χ2n) is 4.63. The number of pyridine rings is 1. The number of hydrogen-bond acceptors (Lipinski definition) is 4. The second-order valence-corrected chi connectivity index (χ2v) is 6.45. The summed E-state index contributed by atoms with van der Waals surface area (Å²) in [5, 5.41) is 13.4. The van der Waals surface area contributed by atoms with Gasteiger partial charge in [-0.1, -0.05) is 0 Å². The van der Waals surface area contributed by atoms with Crippen molar-refractivity contribution < 1.29 is 9.90 Å². The molecular weight excluding hydrogens is 316 g/mol. The predicted octanol–water partition coefficient (Wildman–Crippen LogP) is 2.53. The monoisotopic (exact) mass is 330 g/mol. The number of aliphatic carboxylic acids is 1. The van der Waals surface area contributed by atoms with Crippen molar-refractivity contribution >= 4 is 33.7 Å². The zero-order chi connectivity index (χ0) is 13.2. The number of carboxylic acids is 1. The number of rotatable bonds is 6. The number of nitrogens with one attached hydrogen (secondary N) is 1. The number of nitrogens with zero attached hydrogens (tertiary/aromatic N) is 1. The first kappa shape index (κ1) is 13.8. The highest BCUT2D eigenvalue weighted by Crippen LogP contribution is 2.30. The maximum absolute atomic E-state index is 11.4. The molecule has 1 aromatic rings. The molecule has 2 N–H and O–H groups in total. The van der Waals surface area contributed by atoms with E-state index >= 15 is 0 Å². The van der Waals surface area contributed by atoms with Crippen molar-refractivity contribution in [2.45, 2.75) is 36.4 Å². The van der Waals surface area contributed by atoms with Crippen LogP contribution in [0.15, 0.2) is 27.8 Å². The summed E-state index contributed by atoms with van der Waals surface area (Å²) in [5.74, 6) is -0.358. The van der Waals surface area contributed by atoms with Gasteiger partial charge in [0.05, 0.1) is 0 Å². The molecule has 0 spiro atoms. The van der Waals surface area contributed by atoms with Crippen LogP contribution in [0, 0.1) is 0 Å². The van der Waals surface area contributed by atoms with Crippen molar-refractivity contribution in [1.82, 2.24) is 10.3 Å². The molecule has 1 fully saturated rings. The summed E-state index contributed by atoms with van der Waals surface area (Å²) >= 11 is 4.86. The van der Waals surface area contributed by atoms with Gasteiger partial charge in [0, 0.05) is 22.5 Å². The molecule has 0 saturated heterocycles. The Morgan fingerprint density at radius 2 is 2.44 bits per heavy atom. The maximum Gasteiger partial charge on any atom is 0.324 e. The lowest BCUT2D eigenvalue weighted by atomic mass is 10.1. The SMILES string of the molecule is CC(CSc1ncccc1Br)(NC1CC1)C(=O)O. The summed E-state index contributed by atoms with van der Waals surface area (Å²) in [5.41, 5.74) is -0.900. The third-order valence-electron chi connectivity index (χ3n) is 2.79. The fraction of sp³-hybridized carbons (Fsp3) is 0.500. The molecule has 0 aromatic carbocycles. The smallest absolute Gasteiger partial charge is 0.324 e. The molecule has 1 aliphatic carbocycles. The normalized spacial score (nSPS) is 18.3. The molecule has 2 rings (SSSR count).